The van der Waals surface area contributed by atoms with Gasteiger partial charge in [-0.05, 0) is 18.2 Å². The van der Waals surface area contributed by atoms with Crippen LogP contribution >= 0.6 is 0 Å². The number of rotatable bonds is 3. The summed E-state index contributed by atoms with van der Waals surface area (Å²) in [4.78, 5) is 35.2. The fraction of sp³-hybridized carbons (Fsp3) is 0.154. The van der Waals surface area contributed by atoms with Crippen LogP contribution in [0.2, 0.25) is 0 Å². The molecule has 2 aromatic rings. The smallest absolute Gasteiger partial charge is 0.331 e. The van der Waals surface area contributed by atoms with Crippen LogP contribution in [0.15, 0.2) is 40.1 Å². The number of aromatic nitrogens is 2. The Morgan fingerprint density at radius 2 is 2.05 bits per heavy atom. The van der Waals surface area contributed by atoms with Crippen molar-refractivity contribution in [3.05, 3.63) is 57.1 Å². The predicted octanol–water partition coefficient (Wildman–Crippen LogP) is -0.0930. The van der Waals surface area contributed by atoms with Gasteiger partial charge in [-0.25, -0.2) is 9.18 Å². The molecule has 0 aliphatic rings. The maximum atomic E-state index is 13.1. The fourth-order valence-electron chi connectivity index (χ4n) is 1.73. The topological polar surface area (TPSA) is 99.1 Å². The Balaban J connectivity index is 2.24. The molecule has 1 heterocycles. The Morgan fingerprint density at radius 1 is 1.33 bits per heavy atom. The lowest BCUT2D eigenvalue weighted by Crippen LogP contribution is -2.40. The van der Waals surface area contributed by atoms with Crippen LogP contribution in [0.4, 0.5) is 15.8 Å². The minimum absolute atomic E-state index is 0.0841. The molecule has 1 aromatic heterocycles. The summed E-state index contributed by atoms with van der Waals surface area (Å²) in [6.45, 7) is -0.484. The van der Waals surface area contributed by atoms with Crippen molar-refractivity contribution in [2.45, 2.75) is 6.54 Å². The Kier molecular flexibility index (Phi) is 3.88. The highest BCUT2D eigenvalue weighted by atomic mass is 19.1. The zero-order valence-corrected chi connectivity index (χ0v) is 11.2. The minimum Gasteiger partial charge on any atom is -0.397 e. The van der Waals surface area contributed by atoms with Crippen molar-refractivity contribution >= 4 is 17.3 Å². The number of amides is 1. The molecule has 0 fully saturated rings. The third-order valence-electron chi connectivity index (χ3n) is 2.83. The van der Waals surface area contributed by atoms with Gasteiger partial charge >= 0.3 is 5.69 Å². The Hall–Kier alpha value is -2.90. The van der Waals surface area contributed by atoms with Crippen molar-refractivity contribution in [3.63, 3.8) is 0 Å². The van der Waals surface area contributed by atoms with Gasteiger partial charge in [0.1, 0.15) is 12.4 Å². The van der Waals surface area contributed by atoms with Gasteiger partial charge in [-0.1, -0.05) is 0 Å². The van der Waals surface area contributed by atoms with E-state index in [1.54, 1.807) is 0 Å². The number of benzene rings is 1. The maximum Gasteiger partial charge on any atom is 0.331 e. The Labute approximate surface area is 118 Å². The largest absolute Gasteiger partial charge is 0.397 e. The molecule has 1 amide bonds. The average molecular weight is 292 g/mol. The number of nitrogens with zero attached hydrogens (tertiary/aromatic N) is 2. The SMILES string of the molecule is Cn1ccc(=O)n(CC(=O)Nc2cc(F)ccc2N)c1=O. The normalized spacial score (nSPS) is 10.4. The molecule has 0 saturated carbocycles. The van der Waals surface area contributed by atoms with Gasteiger partial charge in [0.05, 0.1) is 11.4 Å². The number of halogens is 1. The van der Waals surface area contributed by atoms with Crippen molar-refractivity contribution in [2.24, 2.45) is 7.05 Å². The minimum atomic E-state index is -0.655. The second kappa shape index (κ2) is 5.61. The number of carbonyl (C=O) groups is 1. The molecule has 3 N–H and O–H groups in total. The van der Waals surface area contributed by atoms with E-state index in [0.29, 0.717) is 0 Å². The van der Waals surface area contributed by atoms with Crippen molar-refractivity contribution in [3.8, 4) is 0 Å². The summed E-state index contributed by atoms with van der Waals surface area (Å²) in [5.41, 5.74) is 4.64. The molecule has 0 saturated heterocycles. The van der Waals surface area contributed by atoms with Crippen LogP contribution in [-0.4, -0.2) is 15.0 Å². The molecule has 110 valence electrons. The van der Waals surface area contributed by atoms with Crippen LogP contribution in [0.1, 0.15) is 0 Å². The number of hydrogen-bond acceptors (Lipinski definition) is 4. The van der Waals surface area contributed by atoms with Crippen LogP contribution in [0.3, 0.4) is 0 Å². The standard InChI is InChI=1S/C13H13FN4O3/c1-17-5-4-12(20)18(13(17)21)7-11(19)16-10-6-8(14)2-3-9(10)15/h2-6H,7,15H2,1H3,(H,16,19). The summed E-state index contributed by atoms with van der Waals surface area (Å²) >= 11 is 0. The highest BCUT2D eigenvalue weighted by Crippen LogP contribution is 2.18. The van der Waals surface area contributed by atoms with Crippen LogP contribution < -0.4 is 22.3 Å². The first-order valence-corrected chi connectivity index (χ1v) is 6.00. The van der Waals surface area contributed by atoms with Gasteiger partial charge in [0.2, 0.25) is 5.91 Å². The molecule has 0 bridgehead atoms. The van der Waals surface area contributed by atoms with Crippen molar-refractivity contribution < 1.29 is 9.18 Å². The van der Waals surface area contributed by atoms with E-state index in [0.717, 1.165) is 16.7 Å². The molecule has 2 rings (SSSR count). The molecule has 0 atom stereocenters. The van der Waals surface area contributed by atoms with E-state index in [9.17, 15) is 18.8 Å². The monoisotopic (exact) mass is 292 g/mol. The first kappa shape index (κ1) is 14.5. The zero-order valence-electron chi connectivity index (χ0n) is 11.2. The van der Waals surface area contributed by atoms with Crippen molar-refractivity contribution in [1.29, 1.82) is 0 Å². The average Bonchev–Trinajstić information content (AvgIpc) is 2.43. The number of nitrogens with one attached hydrogen (secondary N) is 1. The number of anilines is 2. The second-order valence-electron chi connectivity index (χ2n) is 4.41. The van der Waals surface area contributed by atoms with E-state index in [-0.39, 0.29) is 11.4 Å². The van der Waals surface area contributed by atoms with E-state index in [4.69, 9.17) is 5.73 Å². The third-order valence-corrected chi connectivity index (χ3v) is 2.83. The molecule has 21 heavy (non-hydrogen) atoms. The zero-order chi connectivity index (χ0) is 15.6. The van der Waals surface area contributed by atoms with Crippen LogP contribution in [0.25, 0.3) is 0 Å². The first-order valence-electron chi connectivity index (χ1n) is 6.00. The third kappa shape index (κ3) is 3.16. The van der Waals surface area contributed by atoms with Gasteiger partial charge in [0.15, 0.2) is 0 Å². The van der Waals surface area contributed by atoms with Gasteiger partial charge in [0, 0.05) is 19.3 Å². The first-order chi connectivity index (χ1) is 9.88. The molecular weight excluding hydrogens is 279 g/mol. The number of aryl methyl sites for hydroxylation is 1. The van der Waals surface area contributed by atoms with E-state index in [1.807, 2.05) is 0 Å². The maximum absolute atomic E-state index is 13.1. The van der Waals surface area contributed by atoms with Crippen molar-refractivity contribution in [2.75, 3.05) is 11.1 Å². The highest BCUT2D eigenvalue weighted by Gasteiger charge is 2.11. The molecular formula is C13H13FN4O3. The lowest BCUT2D eigenvalue weighted by Gasteiger charge is -2.09. The van der Waals surface area contributed by atoms with E-state index in [2.05, 4.69) is 5.32 Å². The summed E-state index contributed by atoms with van der Waals surface area (Å²) in [7, 11) is 1.46. The van der Waals surface area contributed by atoms with Crippen LogP contribution in [0, 0.1) is 5.82 Å². The summed E-state index contributed by atoms with van der Waals surface area (Å²) in [6.07, 6.45) is 1.31. The summed E-state index contributed by atoms with van der Waals surface area (Å²) < 4.78 is 15.0. The molecule has 0 aliphatic heterocycles. The molecule has 0 spiro atoms. The molecule has 7 nitrogen and oxygen atoms in total. The number of nitrogens with two attached hydrogens (primary N) is 1. The quantitative estimate of drug-likeness (QED) is 0.772. The van der Waals surface area contributed by atoms with Crippen LogP contribution in [0.5, 0.6) is 0 Å². The second-order valence-corrected chi connectivity index (χ2v) is 4.41. The van der Waals surface area contributed by atoms with Gasteiger partial charge in [-0.3, -0.25) is 14.2 Å². The number of nitrogen functional groups attached to an aromatic ring is 1. The summed E-state index contributed by atoms with van der Waals surface area (Å²) in [5, 5.41) is 2.36. The lowest BCUT2D eigenvalue weighted by atomic mass is 10.2. The van der Waals surface area contributed by atoms with E-state index in [1.165, 1.54) is 29.9 Å². The van der Waals surface area contributed by atoms with Gasteiger partial charge < -0.3 is 15.6 Å². The Morgan fingerprint density at radius 3 is 2.76 bits per heavy atom. The molecule has 0 aliphatic carbocycles. The number of carbonyl (C=O) groups excluding carboxylic acids is 1. The number of hydrogen-bond donors (Lipinski definition) is 2. The Bertz CT molecular complexity index is 810. The lowest BCUT2D eigenvalue weighted by molar-refractivity contribution is -0.116. The summed E-state index contributed by atoms with van der Waals surface area (Å²) in [6, 6.07) is 4.69. The molecule has 1 aromatic carbocycles. The van der Waals surface area contributed by atoms with E-state index < -0.39 is 29.5 Å². The molecule has 0 radical (unpaired) electrons. The fourth-order valence-corrected chi connectivity index (χ4v) is 1.73. The van der Waals surface area contributed by atoms with Gasteiger partial charge in [-0.2, -0.15) is 0 Å². The molecule has 8 heteroatoms. The summed E-state index contributed by atoms with van der Waals surface area (Å²) in [5.74, 6) is -1.22. The highest BCUT2D eigenvalue weighted by molar-refractivity contribution is 5.93. The molecule has 0 unspecified atom stereocenters. The van der Waals surface area contributed by atoms with Gasteiger partial charge in [0.25, 0.3) is 5.56 Å². The van der Waals surface area contributed by atoms with E-state index >= 15 is 0 Å². The van der Waals surface area contributed by atoms with Gasteiger partial charge in [-0.15, -0.1) is 0 Å². The predicted molar refractivity (Wildman–Crippen MR) is 75.4 cm³/mol. The van der Waals surface area contributed by atoms with Crippen molar-refractivity contribution in [1.82, 2.24) is 9.13 Å². The van der Waals surface area contributed by atoms with Crippen LogP contribution in [-0.2, 0) is 18.4 Å².